The molecule has 1 unspecified atom stereocenters. The fourth-order valence-electron chi connectivity index (χ4n) is 3.64. The van der Waals surface area contributed by atoms with E-state index < -0.39 is 0 Å². The van der Waals surface area contributed by atoms with Gasteiger partial charge in [0.1, 0.15) is 5.82 Å². The van der Waals surface area contributed by atoms with Gasteiger partial charge >= 0.3 is 0 Å². The van der Waals surface area contributed by atoms with Crippen LogP contribution in [0.15, 0.2) is 6.20 Å². The summed E-state index contributed by atoms with van der Waals surface area (Å²) in [5.74, 6) is 1.95. The van der Waals surface area contributed by atoms with Crippen LogP contribution in [0.25, 0.3) is 0 Å². The van der Waals surface area contributed by atoms with E-state index in [4.69, 9.17) is 10.7 Å². The lowest BCUT2D eigenvalue weighted by Gasteiger charge is -2.34. The van der Waals surface area contributed by atoms with Crippen LogP contribution in [0, 0.1) is 5.41 Å². The highest BCUT2D eigenvalue weighted by Crippen LogP contribution is 2.38. The molecule has 1 saturated carbocycles. The van der Waals surface area contributed by atoms with Crippen LogP contribution in [-0.4, -0.2) is 15.2 Å². The molecule has 0 radical (unpaired) electrons. The smallest absolute Gasteiger partial charge is 0.138 e. The van der Waals surface area contributed by atoms with Crippen molar-refractivity contribution >= 4 is 11.8 Å². The second-order valence-corrected chi connectivity index (χ2v) is 8.70. The van der Waals surface area contributed by atoms with E-state index >= 15 is 0 Å². The molecule has 3 rings (SSSR count). The van der Waals surface area contributed by atoms with Crippen LogP contribution >= 0.6 is 11.8 Å². The minimum atomic E-state index is 0.101. The first-order chi connectivity index (χ1) is 10.0. The van der Waals surface area contributed by atoms with Crippen molar-refractivity contribution in [1.82, 2.24) is 9.97 Å². The monoisotopic (exact) mass is 305 g/mol. The van der Waals surface area contributed by atoms with Crippen LogP contribution < -0.4 is 5.73 Å². The zero-order chi connectivity index (χ0) is 14.9. The predicted octanol–water partition coefficient (Wildman–Crippen LogP) is 4.01. The van der Waals surface area contributed by atoms with Crippen molar-refractivity contribution < 1.29 is 0 Å². The molecule has 1 aromatic rings. The molecule has 116 valence electrons. The van der Waals surface area contributed by atoms with Gasteiger partial charge in [0.25, 0.3) is 0 Å². The summed E-state index contributed by atoms with van der Waals surface area (Å²) in [5.41, 5.74) is 8.89. The number of nitrogens with zero attached hydrogens (tertiary/aromatic N) is 2. The number of hydrogen-bond acceptors (Lipinski definition) is 4. The first-order valence-electron chi connectivity index (χ1n) is 8.25. The Balaban J connectivity index is 1.67. The van der Waals surface area contributed by atoms with Gasteiger partial charge in [-0.3, -0.25) is 0 Å². The first-order valence-corrected chi connectivity index (χ1v) is 9.30. The molecule has 0 aromatic carbocycles. The maximum absolute atomic E-state index is 6.28. The Bertz CT molecular complexity index is 495. The molecule has 0 amide bonds. The Hall–Kier alpha value is -0.610. The molecule has 1 atom stereocenters. The number of hydrogen-bond donors (Lipinski definition) is 1. The summed E-state index contributed by atoms with van der Waals surface area (Å²) in [6.45, 7) is 4.57. The second kappa shape index (κ2) is 6.25. The van der Waals surface area contributed by atoms with Crippen molar-refractivity contribution in [2.24, 2.45) is 11.1 Å². The number of aromatic nitrogens is 2. The van der Waals surface area contributed by atoms with E-state index in [1.807, 2.05) is 18.0 Å². The van der Waals surface area contributed by atoms with Crippen molar-refractivity contribution in [3.05, 3.63) is 23.3 Å². The van der Waals surface area contributed by atoms with Crippen molar-refractivity contribution in [3.8, 4) is 0 Å². The van der Waals surface area contributed by atoms with E-state index in [0.29, 0.717) is 0 Å². The molecule has 21 heavy (non-hydrogen) atoms. The molecule has 2 aliphatic carbocycles. The predicted molar refractivity (Wildman–Crippen MR) is 89.2 cm³/mol. The Morgan fingerprint density at radius 1 is 1.29 bits per heavy atom. The van der Waals surface area contributed by atoms with Gasteiger partial charge in [-0.05, 0) is 31.1 Å². The van der Waals surface area contributed by atoms with Crippen LogP contribution in [0.5, 0.6) is 0 Å². The molecule has 3 nitrogen and oxygen atoms in total. The Morgan fingerprint density at radius 3 is 2.81 bits per heavy atom. The van der Waals surface area contributed by atoms with Crippen LogP contribution in [0.4, 0.5) is 0 Å². The van der Waals surface area contributed by atoms with Crippen molar-refractivity contribution in [3.63, 3.8) is 0 Å². The highest BCUT2D eigenvalue weighted by atomic mass is 32.2. The minimum absolute atomic E-state index is 0.101. The van der Waals surface area contributed by atoms with E-state index in [9.17, 15) is 0 Å². The van der Waals surface area contributed by atoms with Gasteiger partial charge in [0.15, 0.2) is 0 Å². The molecule has 0 aliphatic heterocycles. The van der Waals surface area contributed by atoms with Gasteiger partial charge in [-0.15, -0.1) is 0 Å². The fraction of sp³-hybridized carbons (Fsp3) is 0.765. The zero-order valence-electron chi connectivity index (χ0n) is 13.3. The molecule has 1 fully saturated rings. The van der Waals surface area contributed by atoms with Gasteiger partial charge in [-0.1, -0.05) is 33.1 Å². The highest BCUT2D eigenvalue weighted by molar-refractivity contribution is 7.99. The molecule has 1 heterocycles. The molecular weight excluding hydrogens is 278 g/mol. The molecule has 0 saturated heterocycles. The third-order valence-corrected chi connectivity index (χ3v) is 6.14. The fourth-order valence-corrected chi connectivity index (χ4v) is 4.83. The molecule has 4 heteroatoms. The third kappa shape index (κ3) is 3.78. The lowest BCUT2D eigenvalue weighted by molar-refractivity contribution is 0.277. The van der Waals surface area contributed by atoms with Gasteiger partial charge in [0, 0.05) is 28.7 Å². The molecule has 2 N–H and O–H groups in total. The van der Waals surface area contributed by atoms with E-state index in [1.54, 1.807) is 0 Å². The number of rotatable bonds is 3. The van der Waals surface area contributed by atoms with Gasteiger partial charge < -0.3 is 5.73 Å². The van der Waals surface area contributed by atoms with Gasteiger partial charge in [0.05, 0.1) is 5.75 Å². The van der Waals surface area contributed by atoms with Crippen LogP contribution in [0.3, 0.4) is 0 Å². The lowest BCUT2D eigenvalue weighted by atomic mass is 9.74. The van der Waals surface area contributed by atoms with Crippen molar-refractivity contribution in [1.29, 1.82) is 0 Å². The van der Waals surface area contributed by atoms with Crippen LogP contribution in [0.1, 0.15) is 75.5 Å². The summed E-state index contributed by atoms with van der Waals surface area (Å²) in [7, 11) is 0. The molecular formula is C17H27N3S. The second-order valence-electron chi connectivity index (χ2n) is 7.41. The largest absolute Gasteiger partial charge is 0.324 e. The molecule has 0 bridgehead atoms. The van der Waals surface area contributed by atoms with Crippen molar-refractivity contribution in [2.45, 2.75) is 75.8 Å². The number of fused-ring (bicyclic) bond motifs is 1. The topological polar surface area (TPSA) is 51.8 Å². The summed E-state index contributed by atoms with van der Waals surface area (Å²) in [5, 5.41) is 0.817. The van der Waals surface area contributed by atoms with Crippen molar-refractivity contribution in [2.75, 3.05) is 0 Å². The normalized spacial score (nSPS) is 25.6. The van der Waals surface area contributed by atoms with Crippen LogP contribution in [-0.2, 0) is 12.2 Å². The van der Waals surface area contributed by atoms with Gasteiger partial charge in [-0.25, -0.2) is 9.97 Å². The SMILES string of the molecule is CC1(C)Cc2nc(CSC3CCCCC3)ncc2C(N)C1. The number of nitrogens with two attached hydrogens (primary N) is 1. The summed E-state index contributed by atoms with van der Waals surface area (Å²) in [4.78, 5) is 9.39. The maximum atomic E-state index is 6.28. The van der Waals surface area contributed by atoms with Gasteiger partial charge in [0.2, 0.25) is 0 Å². The van der Waals surface area contributed by atoms with Gasteiger partial charge in [-0.2, -0.15) is 11.8 Å². The Morgan fingerprint density at radius 2 is 2.05 bits per heavy atom. The molecule has 1 aromatic heterocycles. The highest BCUT2D eigenvalue weighted by Gasteiger charge is 2.31. The summed E-state index contributed by atoms with van der Waals surface area (Å²) in [6.07, 6.45) is 11.0. The lowest BCUT2D eigenvalue weighted by Crippen LogP contribution is -2.31. The average Bonchev–Trinajstić information content (AvgIpc) is 2.44. The first kappa shape index (κ1) is 15.3. The summed E-state index contributed by atoms with van der Waals surface area (Å²) >= 11 is 2.05. The third-order valence-electron chi connectivity index (χ3n) is 4.77. The Labute approximate surface area is 132 Å². The quantitative estimate of drug-likeness (QED) is 0.916. The standard InChI is InChI=1S/C17H27N3S/c1-17(2)8-14(18)13-10-19-16(20-15(13)9-17)11-21-12-6-4-3-5-7-12/h10,12,14H,3-9,11,18H2,1-2H3. The maximum Gasteiger partial charge on any atom is 0.138 e. The summed E-state index contributed by atoms with van der Waals surface area (Å²) in [6, 6.07) is 0.101. The van der Waals surface area contributed by atoms with E-state index in [1.165, 1.54) is 43.4 Å². The Kier molecular flexibility index (Phi) is 4.55. The van der Waals surface area contributed by atoms with E-state index in [0.717, 1.165) is 29.7 Å². The number of thioether (sulfide) groups is 1. The summed E-state index contributed by atoms with van der Waals surface area (Å²) < 4.78 is 0. The average molecular weight is 305 g/mol. The van der Waals surface area contributed by atoms with Crippen LogP contribution in [0.2, 0.25) is 0 Å². The zero-order valence-corrected chi connectivity index (χ0v) is 14.1. The van der Waals surface area contributed by atoms with E-state index in [2.05, 4.69) is 18.8 Å². The minimum Gasteiger partial charge on any atom is -0.324 e. The van der Waals surface area contributed by atoms with E-state index in [-0.39, 0.29) is 11.5 Å². The molecule has 0 spiro atoms. The molecule has 2 aliphatic rings.